The predicted molar refractivity (Wildman–Crippen MR) is 61.9 cm³/mol. The lowest BCUT2D eigenvalue weighted by Gasteiger charge is -2.13. The third-order valence-electron chi connectivity index (χ3n) is 3.09. The zero-order chi connectivity index (χ0) is 10.7. The van der Waals surface area contributed by atoms with E-state index in [0.717, 1.165) is 12.5 Å². The minimum absolute atomic E-state index is 0.337. The molecule has 1 aromatic carbocycles. The molecule has 2 rings (SSSR count). The van der Waals surface area contributed by atoms with E-state index in [2.05, 4.69) is 12.2 Å². The quantitative estimate of drug-likeness (QED) is 0.774. The van der Waals surface area contributed by atoms with Crippen LogP contribution in [0.3, 0.4) is 0 Å². The molecule has 1 aromatic rings. The molecular weight excluding hydrogens is 186 g/mol. The third-order valence-corrected chi connectivity index (χ3v) is 3.09. The van der Waals surface area contributed by atoms with Gasteiger partial charge in [-0.05, 0) is 43.5 Å². The summed E-state index contributed by atoms with van der Waals surface area (Å²) in [7, 11) is 0. The van der Waals surface area contributed by atoms with Crippen molar-refractivity contribution in [3.8, 4) is 5.75 Å². The maximum absolute atomic E-state index is 9.18. The van der Waals surface area contributed by atoms with E-state index in [9.17, 15) is 5.11 Å². The summed E-state index contributed by atoms with van der Waals surface area (Å²) in [4.78, 5) is 0. The van der Waals surface area contributed by atoms with Gasteiger partial charge in [-0.2, -0.15) is 0 Å². The van der Waals surface area contributed by atoms with Gasteiger partial charge in [0.25, 0.3) is 0 Å². The molecular formula is C13H19NO. The zero-order valence-electron chi connectivity index (χ0n) is 9.24. The van der Waals surface area contributed by atoms with Gasteiger partial charge in [0, 0.05) is 6.04 Å². The number of benzene rings is 1. The Morgan fingerprint density at radius 2 is 2.00 bits per heavy atom. The Bertz CT molecular complexity index is 303. The molecule has 2 heteroatoms. The Labute approximate surface area is 91.3 Å². The minimum Gasteiger partial charge on any atom is -0.508 e. The molecule has 1 fully saturated rings. The van der Waals surface area contributed by atoms with Gasteiger partial charge < -0.3 is 10.4 Å². The fourth-order valence-electron chi connectivity index (χ4n) is 1.79. The highest BCUT2D eigenvalue weighted by atomic mass is 16.3. The SMILES string of the molecule is CC(NCCC1CC1)c1ccc(O)cc1. The number of phenols is 1. The van der Waals surface area contributed by atoms with Gasteiger partial charge in [0.1, 0.15) is 5.75 Å². The van der Waals surface area contributed by atoms with Crippen molar-refractivity contribution in [2.24, 2.45) is 5.92 Å². The normalized spacial score (nSPS) is 17.7. The monoisotopic (exact) mass is 205 g/mol. The highest BCUT2D eigenvalue weighted by molar-refractivity contribution is 5.27. The molecule has 2 nitrogen and oxygen atoms in total. The fraction of sp³-hybridized carbons (Fsp3) is 0.538. The van der Waals surface area contributed by atoms with Crippen molar-refractivity contribution in [2.75, 3.05) is 6.54 Å². The molecule has 15 heavy (non-hydrogen) atoms. The van der Waals surface area contributed by atoms with E-state index in [1.807, 2.05) is 12.1 Å². The van der Waals surface area contributed by atoms with Gasteiger partial charge in [-0.1, -0.05) is 25.0 Å². The van der Waals surface area contributed by atoms with Crippen molar-refractivity contribution in [1.29, 1.82) is 0 Å². The van der Waals surface area contributed by atoms with Gasteiger partial charge >= 0.3 is 0 Å². The third kappa shape index (κ3) is 3.24. The highest BCUT2D eigenvalue weighted by Crippen LogP contribution is 2.31. The molecule has 1 aliphatic rings. The van der Waals surface area contributed by atoms with Crippen LogP contribution in [0.25, 0.3) is 0 Å². The highest BCUT2D eigenvalue weighted by Gasteiger charge is 2.20. The summed E-state index contributed by atoms with van der Waals surface area (Å²) in [6, 6.07) is 7.82. The Hall–Kier alpha value is -1.02. The molecule has 1 saturated carbocycles. The second-order valence-electron chi connectivity index (χ2n) is 4.50. The standard InChI is InChI=1S/C13H19NO/c1-10(14-9-8-11-2-3-11)12-4-6-13(15)7-5-12/h4-7,10-11,14-15H,2-3,8-9H2,1H3. The smallest absolute Gasteiger partial charge is 0.115 e. The zero-order valence-corrected chi connectivity index (χ0v) is 9.24. The van der Waals surface area contributed by atoms with Gasteiger partial charge in [-0.15, -0.1) is 0 Å². The van der Waals surface area contributed by atoms with Crippen molar-refractivity contribution in [1.82, 2.24) is 5.32 Å². The summed E-state index contributed by atoms with van der Waals surface area (Å²) in [5.74, 6) is 1.33. The van der Waals surface area contributed by atoms with E-state index in [-0.39, 0.29) is 0 Å². The van der Waals surface area contributed by atoms with Crippen molar-refractivity contribution in [3.63, 3.8) is 0 Å². The lowest BCUT2D eigenvalue weighted by molar-refractivity contribution is 0.474. The van der Waals surface area contributed by atoms with Crippen LogP contribution >= 0.6 is 0 Å². The van der Waals surface area contributed by atoms with Crippen molar-refractivity contribution in [3.05, 3.63) is 29.8 Å². The van der Waals surface area contributed by atoms with Crippen molar-refractivity contribution < 1.29 is 5.11 Å². The van der Waals surface area contributed by atoms with E-state index in [0.29, 0.717) is 11.8 Å². The van der Waals surface area contributed by atoms with Crippen LogP contribution < -0.4 is 5.32 Å². The van der Waals surface area contributed by atoms with Crippen LogP contribution in [0.5, 0.6) is 5.75 Å². The molecule has 0 radical (unpaired) electrons. The maximum atomic E-state index is 9.18. The number of aromatic hydroxyl groups is 1. The van der Waals surface area contributed by atoms with Crippen LogP contribution in [-0.4, -0.2) is 11.7 Å². The Balaban J connectivity index is 1.78. The number of rotatable bonds is 5. The molecule has 1 atom stereocenters. The average molecular weight is 205 g/mol. The summed E-state index contributed by atoms with van der Waals surface area (Å²) in [5.41, 5.74) is 1.24. The van der Waals surface area contributed by atoms with Crippen LogP contribution in [-0.2, 0) is 0 Å². The summed E-state index contributed by atoms with van der Waals surface area (Å²) in [5, 5.41) is 12.7. The lowest BCUT2D eigenvalue weighted by atomic mass is 10.1. The van der Waals surface area contributed by atoms with Gasteiger partial charge in [-0.25, -0.2) is 0 Å². The molecule has 0 spiro atoms. The van der Waals surface area contributed by atoms with Crippen LogP contribution in [0.1, 0.15) is 37.8 Å². The van der Waals surface area contributed by atoms with Gasteiger partial charge in [0.2, 0.25) is 0 Å². The van der Waals surface area contributed by atoms with Crippen molar-refractivity contribution >= 4 is 0 Å². The molecule has 0 aliphatic heterocycles. The first-order valence-electron chi connectivity index (χ1n) is 5.78. The topological polar surface area (TPSA) is 32.3 Å². The van der Waals surface area contributed by atoms with Crippen molar-refractivity contribution in [2.45, 2.75) is 32.2 Å². The first-order valence-corrected chi connectivity index (χ1v) is 5.78. The molecule has 0 saturated heterocycles. The number of phenolic OH excluding ortho intramolecular Hbond substituents is 1. The average Bonchev–Trinajstić information content (AvgIpc) is 3.02. The van der Waals surface area contributed by atoms with E-state index >= 15 is 0 Å². The van der Waals surface area contributed by atoms with E-state index in [4.69, 9.17) is 0 Å². The summed E-state index contributed by atoms with van der Waals surface area (Å²) in [6.45, 7) is 3.27. The maximum Gasteiger partial charge on any atom is 0.115 e. The van der Waals surface area contributed by atoms with Crippen LogP contribution in [0.2, 0.25) is 0 Å². The Kier molecular flexibility index (Phi) is 3.27. The van der Waals surface area contributed by atoms with Crippen LogP contribution in [0.4, 0.5) is 0 Å². The first-order chi connectivity index (χ1) is 7.25. The first kappa shape index (κ1) is 10.5. The Morgan fingerprint density at radius 3 is 2.60 bits per heavy atom. The van der Waals surface area contributed by atoms with E-state index in [1.165, 1.54) is 24.8 Å². The molecule has 82 valence electrons. The summed E-state index contributed by atoms with van der Waals surface area (Å²) in [6.07, 6.45) is 4.16. The van der Waals surface area contributed by atoms with Crippen LogP contribution in [0.15, 0.2) is 24.3 Å². The second kappa shape index (κ2) is 4.67. The number of hydrogen-bond acceptors (Lipinski definition) is 2. The molecule has 1 unspecified atom stereocenters. The number of nitrogens with one attached hydrogen (secondary N) is 1. The summed E-state index contributed by atoms with van der Waals surface area (Å²) >= 11 is 0. The largest absolute Gasteiger partial charge is 0.508 e. The molecule has 2 N–H and O–H groups in total. The lowest BCUT2D eigenvalue weighted by Crippen LogP contribution is -2.20. The Morgan fingerprint density at radius 1 is 1.33 bits per heavy atom. The van der Waals surface area contributed by atoms with Crippen LogP contribution in [0, 0.1) is 5.92 Å². The molecule has 0 amide bonds. The van der Waals surface area contributed by atoms with Gasteiger partial charge in [0.15, 0.2) is 0 Å². The van der Waals surface area contributed by atoms with E-state index in [1.54, 1.807) is 12.1 Å². The van der Waals surface area contributed by atoms with Gasteiger partial charge in [0.05, 0.1) is 0 Å². The molecule has 0 heterocycles. The minimum atomic E-state index is 0.337. The van der Waals surface area contributed by atoms with E-state index < -0.39 is 0 Å². The molecule has 0 aromatic heterocycles. The number of hydrogen-bond donors (Lipinski definition) is 2. The summed E-state index contributed by atoms with van der Waals surface area (Å²) < 4.78 is 0. The molecule has 0 bridgehead atoms. The predicted octanol–water partition coefficient (Wildman–Crippen LogP) is 2.84. The molecule has 1 aliphatic carbocycles. The fourth-order valence-corrected chi connectivity index (χ4v) is 1.79. The second-order valence-corrected chi connectivity index (χ2v) is 4.50. The van der Waals surface area contributed by atoms with Gasteiger partial charge in [-0.3, -0.25) is 0 Å².